The van der Waals surface area contributed by atoms with Gasteiger partial charge < -0.3 is 20.6 Å². The summed E-state index contributed by atoms with van der Waals surface area (Å²) in [7, 11) is 0. The molecule has 122 valence electrons. The summed E-state index contributed by atoms with van der Waals surface area (Å²) >= 11 is 0. The molecule has 0 aromatic carbocycles. The smallest absolute Gasteiger partial charge is 0.318 e. The Balaban J connectivity index is 4.62. The van der Waals surface area contributed by atoms with Crippen LogP contribution in [0.4, 0.5) is 4.79 Å². The van der Waals surface area contributed by atoms with Crippen molar-refractivity contribution in [1.82, 2.24) is 15.5 Å². The highest BCUT2D eigenvalue weighted by atomic mass is 16.4. The molecule has 3 amide bonds. The summed E-state index contributed by atoms with van der Waals surface area (Å²) in [6, 6.07) is -0.872. The van der Waals surface area contributed by atoms with E-state index < -0.39 is 18.0 Å². The van der Waals surface area contributed by atoms with Gasteiger partial charge in [0, 0.05) is 18.6 Å². The van der Waals surface area contributed by atoms with Gasteiger partial charge >= 0.3 is 12.0 Å². The van der Waals surface area contributed by atoms with Crippen molar-refractivity contribution in [2.45, 2.75) is 53.1 Å². The number of hydrogen-bond donors (Lipinski definition) is 3. The zero-order chi connectivity index (χ0) is 16.6. The molecule has 7 nitrogen and oxygen atoms in total. The predicted octanol–water partition coefficient (Wildman–Crippen LogP) is 1.04. The Hall–Kier alpha value is -1.79. The molecule has 1 unspecified atom stereocenters. The topological polar surface area (TPSA) is 98.7 Å². The van der Waals surface area contributed by atoms with Crippen LogP contribution >= 0.6 is 0 Å². The molecule has 0 rings (SSSR count). The van der Waals surface area contributed by atoms with Crippen molar-refractivity contribution in [1.29, 1.82) is 0 Å². The summed E-state index contributed by atoms with van der Waals surface area (Å²) in [5.74, 6) is -1.20. The average molecular weight is 301 g/mol. The molecule has 0 fully saturated rings. The standard InChI is InChI=1S/C14H27N3O4/c1-6-17(8-12(18)15-10(4)5)14(21)16-11(9(2)3)7-13(19)20/h9-11H,6-8H2,1-5H3,(H,15,18)(H,16,21)(H,19,20). The number of aliphatic carboxylic acids is 1. The lowest BCUT2D eigenvalue weighted by atomic mass is 10.0. The second-order valence-corrected chi connectivity index (χ2v) is 5.63. The molecule has 3 N–H and O–H groups in total. The van der Waals surface area contributed by atoms with Gasteiger partial charge in [-0.25, -0.2) is 4.79 Å². The van der Waals surface area contributed by atoms with E-state index in [9.17, 15) is 14.4 Å². The molecular formula is C14H27N3O4. The maximum Gasteiger partial charge on any atom is 0.318 e. The second kappa shape index (κ2) is 9.20. The molecule has 0 heterocycles. The van der Waals surface area contributed by atoms with Crippen LogP contribution in [0.3, 0.4) is 0 Å². The van der Waals surface area contributed by atoms with Gasteiger partial charge in [0.1, 0.15) is 6.54 Å². The molecular weight excluding hydrogens is 274 g/mol. The summed E-state index contributed by atoms with van der Waals surface area (Å²) < 4.78 is 0. The van der Waals surface area contributed by atoms with Crippen LogP contribution in [0.15, 0.2) is 0 Å². The third-order valence-corrected chi connectivity index (χ3v) is 2.96. The normalized spacial score (nSPS) is 12.1. The van der Waals surface area contributed by atoms with Crippen LogP contribution in [-0.2, 0) is 9.59 Å². The van der Waals surface area contributed by atoms with E-state index in [1.165, 1.54) is 4.90 Å². The Kier molecular flexibility index (Phi) is 8.42. The van der Waals surface area contributed by atoms with Crippen molar-refractivity contribution >= 4 is 17.9 Å². The molecule has 0 spiro atoms. The third-order valence-electron chi connectivity index (χ3n) is 2.96. The van der Waals surface area contributed by atoms with Gasteiger partial charge in [-0.15, -0.1) is 0 Å². The molecule has 0 aromatic rings. The number of nitrogens with zero attached hydrogens (tertiary/aromatic N) is 1. The fourth-order valence-corrected chi connectivity index (χ4v) is 1.76. The lowest BCUT2D eigenvalue weighted by Gasteiger charge is -2.26. The molecule has 0 aliphatic rings. The van der Waals surface area contributed by atoms with E-state index in [2.05, 4.69) is 10.6 Å². The Morgan fingerprint density at radius 3 is 2.05 bits per heavy atom. The zero-order valence-electron chi connectivity index (χ0n) is 13.5. The van der Waals surface area contributed by atoms with Crippen molar-refractivity contribution in [2.24, 2.45) is 5.92 Å². The Morgan fingerprint density at radius 2 is 1.67 bits per heavy atom. The van der Waals surface area contributed by atoms with E-state index in [-0.39, 0.29) is 30.8 Å². The van der Waals surface area contributed by atoms with E-state index in [1.807, 2.05) is 27.7 Å². The average Bonchev–Trinajstić information content (AvgIpc) is 2.33. The van der Waals surface area contributed by atoms with Crippen molar-refractivity contribution in [3.05, 3.63) is 0 Å². The van der Waals surface area contributed by atoms with Crippen LogP contribution in [0.2, 0.25) is 0 Å². The second-order valence-electron chi connectivity index (χ2n) is 5.63. The largest absolute Gasteiger partial charge is 0.481 e. The fourth-order valence-electron chi connectivity index (χ4n) is 1.76. The summed E-state index contributed by atoms with van der Waals surface area (Å²) in [5, 5.41) is 14.3. The highest BCUT2D eigenvalue weighted by molar-refractivity contribution is 5.84. The lowest BCUT2D eigenvalue weighted by Crippen LogP contribution is -2.50. The molecule has 0 aliphatic carbocycles. The molecule has 0 bridgehead atoms. The first-order valence-corrected chi connectivity index (χ1v) is 7.23. The Labute approximate surface area is 126 Å². The van der Waals surface area contributed by atoms with Crippen LogP contribution in [-0.4, -0.2) is 53.1 Å². The third kappa shape index (κ3) is 8.16. The van der Waals surface area contributed by atoms with Crippen molar-refractivity contribution in [2.75, 3.05) is 13.1 Å². The number of carbonyl (C=O) groups excluding carboxylic acids is 2. The van der Waals surface area contributed by atoms with Crippen molar-refractivity contribution in [3.8, 4) is 0 Å². The summed E-state index contributed by atoms with van der Waals surface area (Å²) in [6.45, 7) is 9.47. The van der Waals surface area contributed by atoms with Gasteiger partial charge in [-0.2, -0.15) is 0 Å². The number of carboxylic acid groups (broad SMARTS) is 1. The molecule has 0 radical (unpaired) electrons. The summed E-state index contributed by atoms with van der Waals surface area (Å²) in [6.07, 6.45) is -0.140. The number of nitrogens with one attached hydrogen (secondary N) is 2. The van der Waals surface area contributed by atoms with E-state index in [0.29, 0.717) is 6.54 Å². The highest BCUT2D eigenvalue weighted by Crippen LogP contribution is 2.07. The van der Waals surface area contributed by atoms with Gasteiger partial charge in [-0.05, 0) is 26.7 Å². The minimum absolute atomic E-state index is 0.00625. The van der Waals surface area contributed by atoms with Gasteiger partial charge in [-0.1, -0.05) is 13.8 Å². The van der Waals surface area contributed by atoms with E-state index in [1.54, 1.807) is 6.92 Å². The van der Waals surface area contributed by atoms with Gasteiger partial charge in [0.15, 0.2) is 0 Å². The number of amides is 3. The summed E-state index contributed by atoms with van der Waals surface area (Å²) in [5.41, 5.74) is 0. The molecule has 21 heavy (non-hydrogen) atoms. The van der Waals surface area contributed by atoms with E-state index in [4.69, 9.17) is 5.11 Å². The van der Waals surface area contributed by atoms with Crippen molar-refractivity contribution < 1.29 is 19.5 Å². The highest BCUT2D eigenvalue weighted by Gasteiger charge is 2.23. The van der Waals surface area contributed by atoms with Crippen LogP contribution in [0.5, 0.6) is 0 Å². The predicted molar refractivity (Wildman–Crippen MR) is 79.9 cm³/mol. The molecule has 0 aliphatic heterocycles. The molecule has 0 aromatic heterocycles. The molecule has 0 saturated heterocycles. The van der Waals surface area contributed by atoms with Gasteiger partial charge in [0.25, 0.3) is 0 Å². The monoisotopic (exact) mass is 301 g/mol. The number of urea groups is 1. The van der Waals surface area contributed by atoms with Gasteiger partial charge in [0.05, 0.1) is 6.42 Å². The first-order chi connectivity index (χ1) is 9.67. The minimum Gasteiger partial charge on any atom is -0.481 e. The maximum absolute atomic E-state index is 12.1. The number of carbonyl (C=O) groups is 3. The summed E-state index contributed by atoms with van der Waals surface area (Å²) in [4.78, 5) is 36.0. The zero-order valence-corrected chi connectivity index (χ0v) is 13.5. The lowest BCUT2D eigenvalue weighted by molar-refractivity contribution is -0.137. The fraction of sp³-hybridized carbons (Fsp3) is 0.786. The van der Waals surface area contributed by atoms with Gasteiger partial charge in [0.2, 0.25) is 5.91 Å². The van der Waals surface area contributed by atoms with Crippen LogP contribution < -0.4 is 10.6 Å². The van der Waals surface area contributed by atoms with E-state index in [0.717, 1.165) is 0 Å². The van der Waals surface area contributed by atoms with Gasteiger partial charge in [-0.3, -0.25) is 9.59 Å². The first-order valence-electron chi connectivity index (χ1n) is 7.23. The molecule has 7 heteroatoms. The number of rotatable bonds is 8. The number of hydrogen-bond acceptors (Lipinski definition) is 3. The van der Waals surface area contributed by atoms with Crippen LogP contribution in [0.25, 0.3) is 0 Å². The molecule has 0 saturated carbocycles. The van der Waals surface area contributed by atoms with Crippen molar-refractivity contribution in [3.63, 3.8) is 0 Å². The van der Waals surface area contributed by atoms with Crippen LogP contribution in [0.1, 0.15) is 41.0 Å². The Bertz CT molecular complexity index is 369. The quantitative estimate of drug-likeness (QED) is 0.624. The van der Waals surface area contributed by atoms with E-state index >= 15 is 0 Å². The van der Waals surface area contributed by atoms with Crippen LogP contribution in [0, 0.1) is 5.92 Å². The Morgan fingerprint density at radius 1 is 1.10 bits per heavy atom. The minimum atomic E-state index is -0.963. The molecule has 1 atom stereocenters. The number of likely N-dealkylation sites (N-methyl/N-ethyl adjacent to an activating group) is 1. The number of carboxylic acids is 1. The SMILES string of the molecule is CCN(CC(=O)NC(C)C)C(=O)NC(CC(=O)O)C(C)C. The first kappa shape index (κ1) is 19.2. The maximum atomic E-state index is 12.1.